The molecule has 0 bridgehead atoms. The van der Waals surface area contributed by atoms with Gasteiger partial charge in [-0.05, 0) is 50.7 Å². The van der Waals surface area contributed by atoms with Gasteiger partial charge in [0.05, 0.1) is 0 Å². The van der Waals surface area contributed by atoms with Gasteiger partial charge in [0.25, 0.3) is 0 Å². The van der Waals surface area contributed by atoms with Crippen LogP contribution in [0.15, 0.2) is 24.3 Å². The van der Waals surface area contributed by atoms with Crippen molar-refractivity contribution in [2.75, 3.05) is 24.6 Å². The highest BCUT2D eigenvalue weighted by Gasteiger charge is 2.04. The third kappa shape index (κ3) is 4.21. The van der Waals surface area contributed by atoms with Gasteiger partial charge in [-0.3, -0.25) is 0 Å². The molecule has 84 valence electrons. The first kappa shape index (κ1) is 11.9. The molecular formula is C12H21N3. The number of rotatable bonds is 6. The van der Waals surface area contributed by atoms with Crippen molar-refractivity contribution >= 4 is 11.4 Å². The molecule has 0 heterocycles. The van der Waals surface area contributed by atoms with Crippen LogP contribution in [-0.4, -0.2) is 19.6 Å². The molecule has 1 aromatic rings. The fourth-order valence-electron chi connectivity index (χ4n) is 1.51. The number of benzene rings is 1. The molecule has 0 spiro atoms. The fraction of sp³-hybridized carbons (Fsp3) is 0.500. The first-order valence-electron chi connectivity index (χ1n) is 5.53. The second-order valence-corrected chi connectivity index (χ2v) is 3.76. The van der Waals surface area contributed by atoms with Crippen LogP contribution >= 0.6 is 0 Å². The highest BCUT2D eigenvalue weighted by atomic mass is 14.9. The third-order valence-corrected chi connectivity index (χ3v) is 2.52. The second kappa shape index (κ2) is 6.30. The Morgan fingerprint density at radius 1 is 1.27 bits per heavy atom. The van der Waals surface area contributed by atoms with Gasteiger partial charge in [0, 0.05) is 17.4 Å². The third-order valence-electron chi connectivity index (χ3n) is 2.52. The number of nitrogens with two attached hydrogens (primary N) is 1. The second-order valence-electron chi connectivity index (χ2n) is 3.76. The molecule has 15 heavy (non-hydrogen) atoms. The number of hydrogen-bond acceptors (Lipinski definition) is 3. The minimum Gasteiger partial charge on any atom is -0.399 e. The predicted molar refractivity (Wildman–Crippen MR) is 67.1 cm³/mol. The molecule has 0 aromatic heterocycles. The predicted octanol–water partition coefficient (Wildman–Crippen LogP) is 2.07. The molecule has 0 aliphatic carbocycles. The first-order valence-corrected chi connectivity index (χ1v) is 5.53. The zero-order valence-corrected chi connectivity index (χ0v) is 9.59. The smallest absolute Gasteiger partial charge is 0.0343 e. The van der Waals surface area contributed by atoms with Crippen LogP contribution in [0.2, 0.25) is 0 Å². The summed E-state index contributed by atoms with van der Waals surface area (Å²) in [7, 11) is 1.98. The zero-order valence-electron chi connectivity index (χ0n) is 9.59. The van der Waals surface area contributed by atoms with Crippen LogP contribution in [0.5, 0.6) is 0 Å². The van der Waals surface area contributed by atoms with E-state index < -0.39 is 0 Å². The van der Waals surface area contributed by atoms with E-state index in [0.717, 1.165) is 30.8 Å². The molecule has 3 heteroatoms. The molecule has 4 N–H and O–H groups in total. The van der Waals surface area contributed by atoms with Crippen molar-refractivity contribution < 1.29 is 0 Å². The molecular weight excluding hydrogens is 186 g/mol. The van der Waals surface area contributed by atoms with E-state index in [4.69, 9.17) is 5.73 Å². The minimum atomic E-state index is 0.529. The summed E-state index contributed by atoms with van der Waals surface area (Å²) in [5.41, 5.74) is 7.59. The number of nitrogen functional groups attached to an aromatic ring is 1. The number of nitrogens with one attached hydrogen (secondary N) is 2. The van der Waals surface area contributed by atoms with Crippen molar-refractivity contribution in [2.45, 2.75) is 25.8 Å². The van der Waals surface area contributed by atoms with Crippen molar-refractivity contribution in [2.24, 2.45) is 0 Å². The largest absolute Gasteiger partial charge is 0.399 e. The molecule has 0 saturated carbocycles. The van der Waals surface area contributed by atoms with Gasteiger partial charge >= 0.3 is 0 Å². The zero-order chi connectivity index (χ0) is 11.1. The van der Waals surface area contributed by atoms with E-state index in [1.165, 1.54) is 0 Å². The molecule has 0 aliphatic rings. The minimum absolute atomic E-state index is 0.529. The molecule has 1 aromatic carbocycles. The maximum Gasteiger partial charge on any atom is 0.0343 e. The lowest BCUT2D eigenvalue weighted by Gasteiger charge is -2.18. The van der Waals surface area contributed by atoms with Gasteiger partial charge in [-0.2, -0.15) is 0 Å². The molecule has 3 nitrogen and oxygen atoms in total. The Hall–Kier alpha value is -1.22. The summed E-state index contributed by atoms with van der Waals surface area (Å²) in [6.45, 7) is 3.24. The van der Waals surface area contributed by atoms with Crippen molar-refractivity contribution in [1.29, 1.82) is 0 Å². The molecule has 1 atom stereocenters. The van der Waals surface area contributed by atoms with Crippen LogP contribution in [0.25, 0.3) is 0 Å². The summed E-state index contributed by atoms with van der Waals surface area (Å²) in [5.74, 6) is 0. The fourth-order valence-corrected chi connectivity index (χ4v) is 1.51. The molecule has 0 amide bonds. The lowest BCUT2D eigenvalue weighted by atomic mass is 10.1. The number of anilines is 2. The van der Waals surface area contributed by atoms with Gasteiger partial charge in [-0.15, -0.1) is 0 Å². The summed E-state index contributed by atoms with van der Waals surface area (Å²) in [6.07, 6.45) is 2.27. The van der Waals surface area contributed by atoms with Gasteiger partial charge in [-0.25, -0.2) is 0 Å². The molecule has 1 rings (SSSR count). The summed E-state index contributed by atoms with van der Waals surface area (Å²) in [6, 6.07) is 8.43. The Morgan fingerprint density at radius 3 is 2.47 bits per heavy atom. The molecule has 1 unspecified atom stereocenters. The van der Waals surface area contributed by atoms with Crippen LogP contribution in [0.1, 0.15) is 19.8 Å². The normalized spacial score (nSPS) is 12.4. The molecule has 0 fully saturated rings. The quantitative estimate of drug-likeness (QED) is 0.626. The highest BCUT2D eigenvalue weighted by molar-refractivity contribution is 5.51. The average molecular weight is 207 g/mol. The van der Waals surface area contributed by atoms with Crippen LogP contribution in [0.3, 0.4) is 0 Å². The van der Waals surface area contributed by atoms with Crippen LogP contribution in [0.4, 0.5) is 11.4 Å². The van der Waals surface area contributed by atoms with E-state index in [0.29, 0.717) is 6.04 Å². The summed E-state index contributed by atoms with van der Waals surface area (Å²) >= 11 is 0. The van der Waals surface area contributed by atoms with Gasteiger partial charge in [0.15, 0.2) is 0 Å². The lowest BCUT2D eigenvalue weighted by Crippen LogP contribution is -2.23. The van der Waals surface area contributed by atoms with E-state index in [-0.39, 0.29) is 0 Å². The average Bonchev–Trinajstić information content (AvgIpc) is 2.27. The Bertz CT molecular complexity index is 269. The van der Waals surface area contributed by atoms with Crippen molar-refractivity contribution in [3.63, 3.8) is 0 Å². The standard InChI is InChI=1S/C12H21N3/c1-3-11(8-9-14-2)15-12-6-4-10(13)5-7-12/h4-7,11,14-15H,3,8-9,13H2,1-2H3. The molecule has 0 radical (unpaired) electrons. The van der Waals surface area contributed by atoms with Gasteiger partial charge < -0.3 is 16.4 Å². The van der Waals surface area contributed by atoms with E-state index in [2.05, 4.69) is 17.6 Å². The van der Waals surface area contributed by atoms with Crippen molar-refractivity contribution in [1.82, 2.24) is 5.32 Å². The topological polar surface area (TPSA) is 50.1 Å². The van der Waals surface area contributed by atoms with E-state index in [9.17, 15) is 0 Å². The van der Waals surface area contributed by atoms with Crippen molar-refractivity contribution in [3.8, 4) is 0 Å². The Balaban J connectivity index is 2.47. The Morgan fingerprint density at radius 2 is 1.93 bits per heavy atom. The maximum atomic E-state index is 5.63. The van der Waals surface area contributed by atoms with E-state index in [1.807, 2.05) is 31.3 Å². The van der Waals surface area contributed by atoms with Crippen molar-refractivity contribution in [3.05, 3.63) is 24.3 Å². The lowest BCUT2D eigenvalue weighted by molar-refractivity contribution is 0.604. The Labute approximate surface area is 92.1 Å². The van der Waals surface area contributed by atoms with Gasteiger partial charge in [0.1, 0.15) is 0 Å². The SMILES string of the molecule is CCC(CCNC)Nc1ccc(N)cc1. The summed E-state index contributed by atoms with van der Waals surface area (Å²) in [5, 5.41) is 6.66. The van der Waals surface area contributed by atoms with E-state index in [1.54, 1.807) is 0 Å². The maximum absolute atomic E-state index is 5.63. The van der Waals surface area contributed by atoms with Crippen LogP contribution < -0.4 is 16.4 Å². The van der Waals surface area contributed by atoms with Crippen LogP contribution in [-0.2, 0) is 0 Å². The first-order chi connectivity index (χ1) is 7.26. The molecule has 0 aliphatic heterocycles. The number of hydrogen-bond donors (Lipinski definition) is 3. The summed E-state index contributed by atoms with van der Waals surface area (Å²) < 4.78 is 0. The van der Waals surface area contributed by atoms with Crippen LogP contribution in [0, 0.1) is 0 Å². The monoisotopic (exact) mass is 207 g/mol. The van der Waals surface area contributed by atoms with Gasteiger partial charge in [0.2, 0.25) is 0 Å². The van der Waals surface area contributed by atoms with E-state index >= 15 is 0 Å². The Kier molecular flexibility index (Phi) is 4.98. The summed E-state index contributed by atoms with van der Waals surface area (Å²) in [4.78, 5) is 0. The highest BCUT2D eigenvalue weighted by Crippen LogP contribution is 2.13. The molecule has 0 saturated heterocycles. The van der Waals surface area contributed by atoms with Gasteiger partial charge in [-0.1, -0.05) is 6.92 Å².